The highest BCUT2D eigenvalue weighted by Crippen LogP contribution is 2.22. The Morgan fingerprint density at radius 2 is 2.10 bits per heavy atom. The van der Waals surface area contributed by atoms with Gasteiger partial charge >= 0.3 is 5.97 Å². The third-order valence-electron chi connectivity index (χ3n) is 3.07. The molecule has 0 unspecified atom stereocenters. The van der Waals surface area contributed by atoms with Crippen LogP contribution in [-0.2, 0) is 16.0 Å². The van der Waals surface area contributed by atoms with Gasteiger partial charge in [-0.25, -0.2) is 4.79 Å². The molecular formula is C14H15ClN2O3. The first-order valence-electron chi connectivity index (χ1n) is 6.09. The molecule has 1 aromatic carbocycles. The Labute approximate surface area is 120 Å². The molecule has 0 radical (unpaired) electrons. The van der Waals surface area contributed by atoms with Crippen LogP contribution in [0.1, 0.15) is 19.4 Å². The van der Waals surface area contributed by atoms with E-state index in [4.69, 9.17) is 16.7 Å². The van der Waals surface area contributed by atoms with Gasteiger partial charge in [0.1, 0.15) is 5.54 Å². The van der Waals surface area contributed by atoms with Crippen LogP contribution in [0.3, 0.4) is 0 Å². The number of rotatable bonds is 4. The van der Waals surface area contributed by atoms with E-state index in [0.29, 0.717) is 5.02 Å². The van der Waals surface area contributed by atoms with Gasteiger partial charge in [-0.1, -0.05) is 11.6 Å². The number of aromatic amines is 1. The molecule has 106 valence electrons. The van der Waals surface area contributed by atoms with Crippen LogP contribution < -0.4 is 5.32 Å². The Kier molecular flexibility index (Phi) is 3.72. The Bertz CT molecular complexity index is 676. The first kappa shape index (κ1) is 14.4. The molecule has 1 aromatic heterocycles. The molecular weight excluding hydrogens is 280 g/mol. The summed E-state index contributed by atoms with van der Waals surface area (Å²) in [4.78, 5) is 26.0. The summed E-state index contributed by atoms with van der Waals surface area (Å²) in [7, 11) is 0. The predicted molar refractivity (Wildman–Crippen MR) is 76.9 cm³/mol. The zero-order valence-electron chi connectivity index (χ0n) is 11.2. The third kappa shape index (κ3) is 2.93. The highest BCUT2D eigenvalue weighted by atomic mass is 35.5. The number of nitrogens with one attached hydrogen (secondary N) is 2. The highest BCUT2D eigenvalue weighted by Gasteiger charge is 2.28. The second kappa shape index (κ2) is 5.17. The quantitative estimate of drug-likeness (QED) is 0.809. The van der Waals surface area contributed by atoms with E-state index in [1.54, 1.807) is 18.3 Å². The summed E-state index contributed by atoms with van der Waals surface area (Å²) >= 11 is 5.94. The van der Waals surface area contributed by atoms with E-state index in [1.807, 2.05) is 6.07 Å². The number of aliphatic carboxylic acids is 1. The molecule has 2 aromatic rings. The van der Waals surface area contributed by atoms with Crippen LogP contribution >= 0.6 is 11.6 Å². The van der Waals surface area contributed by atoms with Gasteiger partial charge in [-0.3, -0.25) is 4.79 Å². The zero-order valence-corrected chi connectivity index (χ0v) is 11.9. The van der Waals surface area contributed by atoms with Crippen LogP contribution in [-0.4, -0.2) is 27.5 Å². The Hall–Kier alpha value is -2.01. The molecule has 20 heavy (non-hydrogen) atoms. The number of carbonyl (C=O) groups excluding carboxylic acids is 1. The molecule has 1 amide bonds. The van der Waals surface area contributed by atoms with Crippen LogP contribution in [0.4, 0.5) is 0 Å². The number of hydrogen-bond acceptors (Lipinski definition) is 2. The van der Waals surface area contributed by atoms with Crippen molar-refractivity contribution in [2.45, 2.75) is 25.8 Å². The minimum Gasteiger partial charge on any atom is -0.480 e. The van der Waals surface area contributed by atoms with Crippen molar-refractivity contribution in [3.05, 3.63) is 35.0 Å². The van der Waals surface area contributed by atoms with E-state index in [2.05, 4.69) is 10.3 Å². The standard InChI is InChI=1S/C14H15ClN2O3/c1-14(2,13(19)20)17-12(18)5-8-7-16-11-4-3-9(15)6-10(8)11/h3-4,6-7,16H,5H2,1-2H3,(H,17,18)(H,19,20). The van der Waals surface area contributed by atoms with Gasteiger partial charge in [0.2, 0.25) is 5.91 Å². The average molecular weight is 295 g/mol. The number of carbonyl (C=O) groups is 2. The van der Waals surface area contributed by atoms with Crippen molar-refractivity contribution < 1.29 is 14.7 Å². The van der Waals surface area contributed by atoms with Crippen LogP contribution in [0.5, 0.6) is 0 Å². The van der Waals surface area contributed by atoms with Crippen LogP contribution in [0, 0.1) is 0 Å². The van der Waals surface area contributed by atoms with Crippen molar-refractivity contribution in [3.8, 4) is 0 Å². The smallest absolute Gasteiger partial charge is 0.328 e. The molecule has 1 heterocycles. The topological polar surface area (TPSA) is 82.2 Å². The Morgan fingerprint density at radius 1 is 1.40 bits per heavy atom. The zero-order chi connectivity index (χ0) is 14.9. The average Bonchev–Trinajstić information content (AvgIpc) is 2.71. The van der Waals surface area contributed by atoms with Gasteiger partial charge in [0.05, 0.1) is 6.42 Å². The van der Waals surface area contributed by atoms with E-state index in [0.717, 1.165) is 16.5 Å². The first-order chi connectivity index (χ1) is 9.29. The predicted octanol–water partition coefficient (Wildman–Crippen LogP) is 2.34. The maximum Gasteiger partial charge on any atom is 0.328 e. The number of fused-ring (bicyclic) bond motifs is 1. The summed E-state index contributed by atoms with van der Waals surface area (Å²) in [6, 6.07) is 5.37. The van der Waals surface area contributed by atoms with Crippen LogP contribution in [0.15, 0.2) is 24.4 Å². The molecule has 0 bridgehead atoms. The maximum atomic E-state index is 11.9. The van der Waals surface area contributed by atoms with Crippen molar-refractivity contribution in [1.29, 1.82) is 0 Å². The Balaban J connectivity index is 2.18. The Morgan fingerprint density at radius 3 is 2.75 bits per heavy atom. The number of carboxylic acid groups (broad SMARTS) is 1. The van der Waals surface area contributed by atoms with E-state index in [9.17, 15) is 9.59 Å². The molecule has 0 aliphatic heterocycles. The minimum absolute atomic E-state index is 0.0943. The molecule has 0 atom stereocenters. The number of amides is 1. The first-order valence-corrected chi connectivity index (χ1v) is 6.47. The van der Waals surface area contributed by atoms with Crippen LogP contribution in [0.2, 0.25) is 5.02 Å². The highest BCUT2D eigenvalue weighted by molar-refractivity contribution is 6.31. The summed E-state index contributed by atoms with van der Waals surface area (Å²) < 4.78 is 0. The molecule has 0 fully saturated rings. The second-order valence-electron chi connectivity index (χ2n) is 5.16. The lowest BCUT2D eigenvalue weighted by atomic mass is 10.0. The van der Waals surface area contributed by atoms with E-state index < -0.39 is 11.5 Å². The molecule has 6 heteroatoms. The van der Waals surface area contributed by atoms with Crippen molar-refractivity contribution in [3.63, 3.8) is 0 Å². The van der Waals surface area contributed by atoms with Crippen molar-refractivity contribution in [2.75, 3.05) is 0 Å². The van der Waals surface area contributed by atoms with Gasteiger partial charge in [0.25, 0.3) is 0 Å². The number of hydrogen-bond donors (Lipinski definition) is 3. The van der Waals surface area contributed by atoms with E-state index in [1.165, 1.54) is 13.8 Å². The number of H-pyrrole nitrogens is 1. The minimum atomic E-state index is -1.29. The van der Waals surface area contributed by atoms with E-state index >= 15 is 0 Å². The number of aromatic nitrogens is 1. The lowest BCUT2D eigenvalue weighted by Crippen LogP contribution is -2.50. The summed E-state index contributed by atoms with van der Waals surface area (Å²) in [6.07, 6.45) is 1.82. The van der Waals surface area contributed by atoms with Crippen molar-refractivity contribution >= 4 is 34.4 Å². The molecule has 0 aliphatic rings. The molecule has 5 nitrogen and oxygen atoms in total. The molecule has 2 rings (SSSR count). The summed E-state index contributed by atoms with van der Waals surface area (Å²) in [5, 5.41) is 12.9. The van der Waals surface area contributed by atoms with Gasteiger partial charge in [-0.2, -0.15) is 0 Å². The molecule has 0 saturated carbocycles. The fourth-order valence-corrected chi connectivity index (χ4v) is 2.09. The fraction of sp³-hybridized carbons (Fsp3) is 0.286. The lowest BCUT2D eigenvalue weighted by molar-refractivity contribution is -0.145. The van der Waals surface area contributed by atoms with E-state index in [-0.39, 0.29) is 12.3 Å². The molecule has 0 aliphatic carbocycles. The van der Waals surface area contributed by atoms with Crippen molar-refractivity contribution in [1.82, 2.24) is 10.3 Å². The number of carboxylic acids is 1. The van der Waals surface area contributed by atoms with Gasteiger partial charge in [0, 0.05) is 22.1 Å². The molecule has 0 saturated heterocycles. The van der Waals surface area contributed by atoms with Gasteiger partial charge in [0.15, 0.2) is 0 Å². The largest absolute Gasteiger partial charge is 0.480 e. The SMILES string of the molecule is CC(C)(NC(=O)Cc1c[nH]c2ccc(Cl)cc12)C(=O)O. The molecule has 0 spiro atoms. The summed E-state index contributed by atoms with van der Waals surface area (Å²) in [5.74, 6) is -1.42. The third-order valence-corrected chi connectivity index (χ3v) is 3.30. The normalized spacial score (nSPS) is 11.6. The number of halogens is 1. The maximum absolute atomic E-state index is 11.9. The van der Waals surface area contributed by atoms with Crippen molar-refractivity contribution in [2.24, 2.45) is 0 Å². The van der Waals surface area contributed by atoms with Gasteiger partial charge in [-0.05, 0) is 37.6 Å². The van der Waals surface area contributed by atoms with Crippen LogP contribution in [0.25, 0.3) is 10.9 Å². The summed E-state index contributed by atoms with van der Waals surface area (Å²) in [6.45, 7) is 2.89. The monoisotopic (exact) mass is 294 g/mol. The second-order valence-corrected chi connectivity index (χ2v) is 5.60. The van der Waals surface area contributed by atoms with Gasteiger partial charge < -0.3 is 15.4 Å². The lowest BCUT2D eigenvalue weighted by Gasteiger charge is -2.20. The van der Waals surface area contributed by atoms with Gasteiger partial charge in [-0.15, -0.1) is 0 Å². The molecule has 3 N–H and O–H groups in total. The fourth-order valence-electron chi connectivity index (χ4n) is 1.92. The summed E-state index contributed by atoms with van der Waals surface area (Å²) in [5.41, 5.74) is 0.372. The number of benzene rings is 1.